The first-order chi connectivity index (χ1) is 20.6. The van der Waals surface area contributed by atoms with Gasteiger partial charge in [0.1, 0.15) is 0 Å². The minimum atomic E-state index is -0.138. The second-order valence-electron chi connectivity index (χ2n) is 15.6. The molecule has 7 aromatic rings. The second-order valence-corrected chi connectivity index (χ2v) is 15.6. The van der Waals surface area contributed by atoms with Gasteiger partial charge in [-0.2, -0.15) is 0 Å². The van der Waals surface area contributed by atoms with E-state index in [1.807, 2.05) is 18.2 Å². The molecule has 7 rings (SSSR count). The number of benzene rings is 6. The maximum absolute atomic E-state index is 5.76. The van der Waals surface area contributed by atoms with Gasteiger partial charge in [0, 0.05) is 22.3 Å². The minimum Gasteiger partial charge on any atom is -0.115 e. The van der Waals surface area contributed by atoms with Crippen molar-refractivity contribution in [3.63, 3.8) is 0 Å². The third-order valence-corrected chi connectivity index (χ3v) is 9.32. The molecule has 7 aromatic carbocycles. The lowest BCUT2D eigenvalue weighted by Crippen LogP contribution is -2.23. The van der Waals surface area contributed by atoms with E-state index in [0.29, 0.717) is 0 Å². The highest BCUT2D eigenvalue weighted by Gasteiger charge is 2.34. The quantitative estimate of drug-likeness (QED) is 0.126. The smallest absolute Gasteiger partial charge is 0.0371 e. The summed E-state index contributed by atoms with van der Waals surface area (Å²) < 4.78 is 0. The molecule has 0 aliphatic heterocycles. The Morgan fingerprint density at radius 3 is 1.30 bits per heavy atom. The molecule has 0 N–H and O–H groups in total. The normalized spacial score (nSPS) is 12.9. The van der Waals surface area contributed by atoms with Gasteiger partial charge in [-0.25, -0.2) is 0 Å². The molecule has 0 amide bonds. The van der Waals surface area contributed by atoms with E-state index in [-0.39, 0.29) is 16.2 Å². The van der Waals surface area contributed by atoms with E-state index >= 15 is 0 Å². The fourth-order valence-corrected chi connectivity index (χ4v) is 7.90. The van der Waals surface area contributed by atoms with E-state index < -0.39 is 0 Å². The van der Waals surface area contributed by atoms with Gasteiger partial charge in [0.05, 0.1) is 0 Å². The molecule has 0 radical (unpaired) electrons. The van der Waals surface area contributed by atoms with Crippen molar-refractivity contribution >= 4 is 53.9 Å². The number of rotatable bonds is 0. The fourth-order valence-electron chi connectivity index (χ4n) is 7.90. The third-order valence-electron chi connectivity index (χ3n) is 9.32. The van der Waals surface area contributed by atoms with Crippen LogP contribution in [0.5, 0.6) is 0 Å². The van der Waals surface area contributed by atoms with Crippen molar-refractivity contribution in [1.29, 1.82) is 0 Å². The summed E-state index contributed by atoms with van der Waals surface area (Å²) in [5.74, 6) is 12.6. The van der Waals surface area contributed by atoms with Crippen LogP contribution in [0.4, 0.5) is 0 Å². The van der Waals surface area contributed by atoms with Gasteiger partial charge in [-0.1, -0.05) is 122 Å². The van der Waals surface area contributed by atoms with E-state index in [2.05, 4.69) is 122 Å². The first-order valence-electron chi connectivity index (χ1n) is 15.5. The molecule has 0 saturated heterocycles. The molecule has 44 heavy (non-hydrogen) atoms. The van der Waals surface area contributed by atoms with E-state index in [0.717, 1.165) is 22.3 Å². The summed E-state index contributed by atoms with van der Waals surface area (Å²) in [6.45, 7) is 21.1. The van der Waals surface area contributed by atoms with Crippen LogP contribution in [0, 0.1) is 36.5 Å². The van der Waals surface area contributed by atoms with Crippen LogP contribution in [0.2, 0.25) is 0 Å². The Morgan fingerprint density at radius 1 is 0.432 bits per heavy atom. The zero-order chi connectivity index (χ0) is 31.5. The summed E-state index contributed by atoms with van der Waals surface area (Å²) in [6.07, 6.45) is 11.5. The van der Waals surface area contributed by atoms with Crippen molar-refractivity contribution in [2.75, 3.05) is 0 Å². The van der Waals surface area contributed by atoms with Gasteiger partial charge in [-0.15, -0.1) is 12.8 Å². The Kier molecular flexibility index (Phi) is 5.69. The molecule has 0 spiro atoms. The Bertz CT molecular complexity index is 2400. The van der Waals surface area contributed by atoms with Crippen molar-refractivity contribution < 1.29 is 0 Å². The van der Waals surface area contributed by atoms with Gasteiger partial charge in [0.2, 0.25) is 0 Å². The van der Waals surface area contributed by atoms with Crippen LogP contribution in [0.1, 0.15) is 101 Å². The summed E-state index contributed by atoms with van der Waals surface area (Å²) in [6, 6.07) is 19.9. The maximum Gasteiger partial charge on any atom is 0.0371 e. The highest BCUT2D eigenvalue weighted by molar-refractivity contribution is 6.45. The van der Waals surface area contributed by atoms with E-state index in [9.17, 15) is 0 Å². The number of hydrogen-bond donors (Lipinski definition) is 0. The SMILES string of the molecule is C#Cc1cc(C#C)cc(C#Cc2c(C(C)(C)C)c3ccc4ccc5c(C(C)(C)C)c(C(C)(C)C)c6ccc2c2c3c4c5c62)c1. The molecule has 0 heteroatoms. The fraction of sp³-hybridized carbons (Fsp3) is 0.273. The largest absolute Gasteiger partial charge is 0.115 e. The highest BCUT2D eigenvalue weighted by atomic mass is 14.4. The molecule has 0 fully saturated rings. The van der Waals surface area contributed by atoms with Crippen LogP contribution in [0.3, 0.4) is 0 Å². The van der Waals surface area contributed by atoms with Crippen LogP contribution in [0.15, 0.2) is 54.6 Å². The average Bonchev–Trinajstić information content (AvgIpc) is 3.32. The summed E-state index contributed by atoms with van der Waals surface area (Å²) in [4.78, 5) is 0. The molecule has 0 bridgehead atoms. The Labute approximate surface area is 261 Å². The standard InChI is InChI=1S/C44H38/c1-12-25-22-26(13-2)24-27(23-25)14-17-30-29-20-21-33-38-35(29)36-31(39(30)42(3,4)5)18-15-28-16-19-32(37(38)34(28)36)40(43(6,7)8)41(33)44(9,10)11/h1-2,15-16,18-24H,3-11H3. The summed E-state index contributed by atoms with van der Waals surface area (Å²) in [5, 5.41) is 13.5. The predicted octanol–water partition coefficient (Wildman–Crippen LogP) is 11.0. The first-order valence-corrected chi connectivity index (χ1v) is 15.5. The summed E-state index contributed by atoms with van der Waals surface area (Å²) in [5.41, 5.74) is 7.45. The van der Waals surface area contributed by atoms with Crippen molar-refractivity contribution in [3.05, 3.63) is 93.5 Å². The van der Waals surface area contributed by atoms with Gasteiger partial charge in [-0.05, 0) is 105 Å². The number of terminal acetylenes is 2. The maximum atomic E-state index is 5.76. The molecule has 0 saturated carbocycles. The lowest BCUT2D eigenvalue weighted by Gasteiger charge is -2.33. The van der Waals surface area contributed by atoms with Gasteiger partial charge in [-0.3, -0.25) is 0 Å². The van der Waals surface area contributed by atoms with E-state index in [4.69, 9.17) is 12.8 Å². The summed E-state index contributed by atoms with van der Waals surface area (Å²) >= 11 is 0. The lowest BCUT2D eigenvalue weighted by atomic mass is 9.70. The Morgan fingerprint density at radius 2 is 0.818 bits per heavy atom. The zero-order valence-corrected chi connectivity index (χ0v) is 27.4. The van der Waals surface area contributed by atoms with Gasteiger partial charge < -0.3 is 0 Å². The average molecular weight is 567 g/mol. The van der Waals surface area contributed by atoms with Gasteiger partial charge in [0.25, 0.3) is 0 Å². The van der Waals surface area contributed by atoms with E-state index in [1.165, 1.54) is 70.6 Å². The lowest BCUT2D eigenvalue weighted by molar-refractivity contribution is 0.539. The minimum absolute atomic E-state index is 0.0144. The Hall–Kier alpha value is -4.70. The molecule has 0 unspecified atom stereocenters. The zero-order valence-electron chi connectivity index (χ0n) is 27.4. The molecule has 0 nitrogen and oxygen atoms in total. The van der Waals surface area contributed by atoms with Crippen molar-refractivity contribution in [2.45, 2.75) is 78.6 Å². The Balaban J connectivity index is 1.74. The van der Waals surface area contributed by atoms with Crippen molar-refractivity contribution in [1.82, 2.24) is 0 Å². The molecule has 0 heterocycles. The summed E-state index contributed by atoms with van der Waals surface area (Å²) in [7, 11) is 0. The monoisotopic (exact) mass is 566 g/mol. The molecule has 0 aliphatic rings. The second kappa shape index (κ2) is 8.92. The molecule has 0 aromatic heterocycles. The van der Waals surface area contributed by atoms with Gasteiger partial charge >= 0.3 is 0 Å². The molecular formula is C44H38. The first kappa shape index (κ1) is 28.1. The predicted molar refractivity (Wildman–Crippen MR) is 192 cm³/mol. The molecule has 0 aliphatic carbocycles. The van der Waals surface area contributed by atoms with Crippen LogP contribution >= 0.6 is 0 Å². The number of hydrogen-bond acceptors (Lipinski definition) is 0. The van der Waals surface area contributed by atoms with E-state index in [1.54, 1.807) is 0 Å². The van der Waals surface area contributed by atoms with Crippen LogP contribution in [-0.2, 0) is 16.2 Å². The van der Waals surface area contributed by atoms with Crippen LogP contribution < -0.4 is 0 Å². The van der Waals surface area contributed by atoms with Gasteiger partial charge in [0.15, 0.2) is 0 Å². The molecule has 214 valence electrons. The molecular weight excluding hydrogens is 528 g/mol. The third kappa shape index (κ3) is 3.83. The highest BCUT2D eigenvalue weighted by Crippen LogP contribution is 2.55. The topological polar surface area (TPSA) is 0 Å². The van der Waals surface area contributed by atoms with Crippen LogP contribution in [-0.4, -0.2) is 0 Å². The molecule has 0 atom stereocenters. The van der Waals surface area contributed by atoms with Crippen molar-refractivity contribution in [3.8, 4) is 36.5 Å². The van der Waals surface area contributed by atoms with Crippen molar-refractivity contribution in [2.24, 2.45) is 0 Å². The van der Waals surface area contributed by atoms with Crippen LogP contribution in [0.25, 0.3) is 53.9 Å².